The van der Waals surface area contributed by atoms with Crippen molar-refractivity contribution in [3.63, 3.8) is 0 Å². The second-order valence-corrected chi connectivity index (χ2v) is 3.34. The Hall–Kier alpha value is -0.540. The SMILES string of the molecule is C=COC1CCN(CCOC)CC1. The molecule has 0 atom stereocenters. The summed E-state index contributed by atoms with van der Waals surface area (Å²) in [5.74, 6) is 0. The topological polar surface area (TPSA) is 21.7 Å². The van der Waals surface area contributed by atoms with E-state index in [0.29, 0.717) is 6.10 Å². The Balaban J connectivity index is 2.11. The normalized spacial score (nSPS) is 20.1. The van der Waals surface area contributed by atoms with Gasteiger partial charge in [-0.15, -0.1) is 0 Å². The number of ether oxygens (including phenoxy) is 2. The lowest BCUT2D eigenvalue weighted by atomic mass is 10.1. The van der Waals surface area contributed by atoms with Gasteiger partial charge in [0.15, 0.2) is 0 Å². The summed E-state index contributed by atoms with van der Waals surface area (Å²) in [5, 5.41) is 0. The third kappa shape index (κ3) is 3.79. The summed E-state index contributed by atoms with van der Waals surface area (Å²) in [6, 6.07) is 0. The molecule has 0 aromatic carbocycles. The van der Waals surface area contributed by atoms with Gasteiger partial charge in [0.05, 0.1) is 12.9 Å². The summed E-state index contributed by atoms with van der Waals surface area (Å²) in [4.78, 5) is 2.41. The second-order valence-electron chi connectivity index (χ2n) is 3.34. The smallest absolute Gasteiger partial charge is 0.100 e. The number of piperidine rings is 1. The van der Waals surface area contributed by atoms with Crippen molar-refractivity contribution in [1.82, 2.24) is 4.90 Å². The van der Waals surface area contributed by atoms with Crippen LogP contribution in [0.2, 0.25) is 0 Å². The van der Waals surface area contributed by atoms with Crippen molar-refractivity contribution in [3.05, 3.63) is 12.8 Å². The van der Waals surface area contributed by atoms with Gasteiger partial charge in [-0.3, -0.25) is 0 Å². The van der Waals surface area contributed by atoms with Crippen molar-refractivity contribution < 1.29 is 9.47 Å². The fourth-order valence-corrected chi connectivity index (χ4v) is 1.63. The third-order valence-electron chi connectivity index (χ3n) is 2.43. The van der Waals surface area contributed by atoms with E-state index in [1.165, 1.54) is 0 Å². The molecule has 3 heteroatoms. The lowest BCUT2D eigenvalue weighted by Gasteiger charge is -2.30. The fraction of sp³-hybridized carbons (Fsp3) is 0.800. The zero-order chi connectivity index (χ0) is 9.52. The van der Waals surface area contributed by atoms with Crippen LogP contribution in [0.5, 0.6) is 0 Å². The number of hydrogen-bond donors (Lipinski definition) is 0. The van der Waals surface area contributed by atoms with Crippen molar-refractivity contribution in [1.29, 1.82) is 0 Å². The first-order chi connectivity index (χ1) is 6.36. The van der Waals surface area contributed by atoms with Crippen molar-refractivity contribution in [2.24, 2.45) is 0 Å². The molecule has 0 unspecified atom stereocenters. The monoisotopic (exact) mass is 185 g/mol. The Morgan fingerprint density at radius 3 is 2.69 bits per heavy atom. The maximum absolute atomic E-state index is 5.34. The summed E-state index contributed by atoms with van der Waals surface area (Å²) >= 11 is 0. The molecule has 0 amide bonds. The Labute approximate surface area is 80.3 Å². The molecule has 0 radical (unpaired) electrons. The second kappa shape index (κ2) is 6.00. The van der Waals surface area contributed by atoms with Crippen molar-refractivity contribution in [3.8, 4) is 0 Å². The molecule has 0 aromatic rings. The predicted molar refractivity (Wildman–Crippen MR) is 52.6 cm³/mol. The summed E-state index contributed by atoms with van der Waals surface area (Å²) in [7, 11) is 1.74. The van der Waals surface area contributed by atoms with Gasteiger partial charge in [-0.25, -0.2) is 0 Å². The molecule has 0 saturated carbocycles. The highest BCUT2D eigenvalue weighted by Crippen LogP contribution is 2.13. The molecule has 13 heavy (non-hydrogen) atoms. The number of methoxy groups -OCH3 is 1. The average Bonchev–Trinajstić information content (AvgIpc) is 2.17. The molecule has 0 spiro atoms. The van der Waals surface area contributed by atoms with Gasteiger partial charge in [0, 0.05) is 26.7 Å². The maximum atomic E-state index is 5.34. The first-order valence-corrected chi connectivity index (χ1v) is 4.84. The van der Waals surface area contributed by atoms with Crippen molar-refractivity contribution in [2.45, 2.75) is 18.9 Å². The van der Waals surface area contributed by atoms with E-state index in [9.17, 15) is 0 Å². The van der Waals surface area contributed by atoms with Gasteiger partial charge in [0.2, 0.25) is 0 Å². The standard InChI is InChI=1S/C10H19NO2/c1-3-13-10-4-6-11(7-5-10)8-9-12-2/h3,10H,1,4-9H2,2H3. The van der Waals surface area contributed by atoms with Crippen LogP contribution in [-0.2, 0) is 9.47 Å². The Bertz CT molecular complexity index is 142. The van der Waals surface area contributed by atoms with Crippen LogP contribution in [0.4, 0.5) is 0 Å². The highest BCUT2D eigenvalue weighted by molar-refractivity contribution is 4.73. The fourth-order valence-electron chi connectivity index (χ4n) is 1.63. The maximum Gasteiger partial charge on any atom is 0.100 e. The number of likely N-dealkylation sites (tertiary alicyclic amines) is 1. The zero-order valence-electron chi connectivity index (χ0n) is 8.37. The van der Waals surface area contributed by atoms with Gasteiger partial charge in [-0.2, -0.15) is 0 Å². The average molecular weight is 185 g/mol. The van der Waals surface area contributed by atoms with Crippen LogP contribution < -0.4 is 0 Å². The number of hydrogen-bond acceptors (Lipinski definition) is 3. The molecule has 1 aliphatic rings. The van der Waals surface area contributed by atoms with Gasteiger partial charge in [0.25, 0.3) is 0 Å². The van der Waals surface area contributed by atoms with Crippen LogP contribution in [0.15, 0.2) is 12.8 Å². The molecule has 0 aromatic heterocycles. The van der Waals surface area contributed by atoms with E-state index in [-0.39, 0.29) is 0 Å². The molecular formula is C10H19NO2. The first-order valence-electron chi connectivity index (χ1n) is 4.84. The van der Waals surface area contributed by atoms with Crippen LogP contribution in [0.3, 0.4) is 0 Å². The summed E-state index contributed by atoms with van der Waals surface area (Å²) in [5.41, 5.74) is 0. The van der Waals surface area contributed by atoms with E-state index in [0.717, 1.165) is 39.1 Å². The molecule has 3 nitrogen and oxygen atoms in total. The summed E-state index contributed by atoms with van der Waals surface area (Å²) in [6.45, 7) is 7.66. The molecule has 76 valence electrons. The van der Waals surface area contributed by atoms with Gasteiger partial charge in [0.1, 0.15) is 6.10 Å². The van der Waals surface area contributed by atoms with Crippen LogP contribution in [-0.4, -0.2) is 44.4 Å². The molecule has 1 heterocycles. The van der Waals surface area contributed by atoms with Crippen molar-refractivity contribution >= 4 is 0 Å². The molecule has 1 aliphatic heterocycles. The predicted octanol–water partition coefficient (Wildman–Crippen LogP) is 1.26. The summed E-state index contributed by atoms with van der Waals surface area (Å²) in [6.07, 6.45) is 4.15. The largest absolute Gasteiger partial charge is 0.499 e. The number of nitrogens with zero attached hydrogens (tertiary/aromatic N) is 1. The molecule has 1 rings (SSSR count). The lowest BCUT2D eigenvalue weighted by molar-refractivity contribution is 0.0554. The minimum absolute atomic E-state index is 0.385. The Morgan fingerprint density at radius 2 is 2.15 bits per heavy atom. The van der Waals surface area contributed by atoms with Crippen LogP contribution >= 0.6 is 0 Å². The van der Waals surface area contributed by atoms with E-state index < -0.39 is 0 Å². The van der Waals surface area contributed by atoms with Crippen molar-refractivity contribution in [2.75, 3.05) is 33.4 Å². The van der Waals surface area contributed by atoms with Gasteiger partial charge in [-0.05, 0) is 12.8 Å². The Morgan fingerprint density at radius 1 is 1.46 bits per heavy atom. The molecule has 1 fully saturated rings. The van der Waals surface area contributed by atoms with E-state index in [4.69, 9.17) is 9.47 Å². The minimum Gasteiger partial charge on any atom is -0.499 e. The molecule has 0 N–H and O–H groups in total. The first kappa shape index (κ1) is 10.5. The molecular weight excluding hydrogens is 166 g/mol. The quantitative estimate of drug-likeness (QED) is 0.602. The van der Waals surface area contributed by atoms with Crippen LogP contribution in [0.1, 0.15) is 12.8 Å². The van der Waals surface area contributed by atoms with Crippen LogP contribution in [0, 0.1) is 0 Å². The van der Waals surface area contributed by atoms with E-state index in [2.05, 4.69) is 11.5 Å². The highest BCUT2D eigenvalue weighted by Gasteiger charge is 2.18. The molecule has 0 aliphatic carbocycles. The Kier molecular flexibility index (Phi) is 4.86. The lowest BCUT2D eigenvalue weighted by Crippen LogP contribution is -2.38. The van der Waals surface area contributed by atoms with Gasteiger partial charge < -0.3 is 14.4 Å². The molecule has 0 bridgehead atoms. The van der Waals surface area contributed by atoms with E-state index >= 15 is 0 Å². The summed E-state index contributed by atoms with van der Waals surface area (Å²) < 4.78 is 10.4. The third-order valence-corrected chi connectivity index (χ3v) is 2.43. The van der Waals surface area contributed by atoms with Gasteiger partial charge in [-0.1, -0.05) is 6.58 Å². The highest BCUT2D eigenvalue weighted by atomic mass is 16.5. The zero-order valence-corrected chi connectivity index (χ0v) is 8.37. The van der Waals surface area contributed by atoms with Crippen LogP contribution in [0.25, 0.3) is 0 Å². The number of rotatable bonds is 5. The minimum atomic E-state index is 0.385. The van der Waals surface area contributed by atoms with E-state index in [1.54, 1.807) is 13.4 Å². The van der Waals surface area contributed by atoms with E-state index in [1.807, 2.05) is 0 Å². The van der Waals surface area contributed by atoms with Gasteiger partial charge >= 0.3 is 0 Å². The molecule has 1 saturated heterocycles.